The number of halogens is 4. The lowest BCUT2D eigenvalue weighted by molar-refractivity contribution is -0.0429. The third-order valence-corrected chi connectivity index (χ3v) is 3.09. The van der Waals surface area contributed by atoms with Crippen LogP contribution in [0.4, 0.5) is 18.9 Å². The Morgan fingerprint density at radius 2 is 1.89 bits per heavy atom. The number of sulfonamides is 1. The van der Waals surface area contributed by atoms with Gasteiger partial charge in [0.25, 0.3) is 0 Å². The van der Waals surface area contributed by atoms with Gasteiger partial charge in [-0.25, -0.2) is 4.79 Å². The molecule has 0 saturated heterocycles. The highest BCUT2D eigenvalue weighted by Gasteiger charge is 2.46. The average molecular weight is 304 g/mol. The van der Waals surface area contributed by atoms with Gasteiger partial charge >= 0.3 is 21.5 Å². The summed E-state index contributed by atoms with van der Waals surface area (Å²) >= 11 is 5.46. The molecule has 0 spiro atoms. The van der Waals surface area contributed by atoms with Gasteiger partial charge in [0, 0.05) is 5.02 Å². The van der Waals surface area contributed by atoms with Crippen LogP contribution < -0.4 is 4.72 Å². The van der Waals surface area contributed by atoms with Crippen molar-refractivity contribution in [3.8, 4) is 0 Å². The van der Waals surface area contributed by atoms with E-state index in [1.165, 1.54) is 0 Å². The van der Waals surface area contributed by atoms with Crippen LogP contribution in [-0.4, -0.2) is 25.0 Å². The lowest BCUT2D eigenvalue weighted by atomic mass is 10.2. The number of alkyl halides is 3. The Hall–Kier alpha value is -1.48. The molecule has 0 aliphatic rings. The van der Waals surface area contributed by atoms with E-state index in [1.54, 1.807) is 0 Å². The second-order valence-electron chi connectivity index (χ2n) is 3.05. The zero-order valence-electron chi connectivity index (χ0n) is 8.32. The Kier molecular flexibility index (Phi) is 3.77. The van der Waals surface area contributed by atoms with Gasteiger partial charge < -0.3 is 5.11 Å². The van der Waals surface area contributed by atoms with Gasteiger partial charge in [-0.05, 0) is 18.2 Å². The van der Waals surface area contributed by atoms with E-state index in [-0.39, 0.29) is 5.02 Å². The molecule has 0 heterocycles. The van der Waals surface area contributed by atoms with E-state index < -0.39 is 32.8 Å². The van der Waals surface area contributed by atoms with Gasteiger partial charge in [0.2, 0.25) is 0 Å². The van der Waals surface area contributed by atoms with E-state index >= 15 is 0 Å². The third-order valence-electron chi connectivity index (χ3n) is 1.76. The summed E-state index contributed by atoms with van der Waals surface area (Å²) in [6, 6.07) is 2.77. The fourth-order valence-corrected chi connectivity index (χ4v) is 1.74. The summed E-state index contributed by atoms with van der Waals surface area (Å²) < 4.78 is 59.2. The van der Waals surface area contributed by atoms with Crippen molar-refractivity contribution in [1.82, 2.24) is 0 Å². The van der Waals surface area contributed by atoms with Crippen LogP contribution in [0.2, 0.25) is 5.02 Å². The molecule has 0 aliphatic carbocycles. The zero-order valence-corrected chi connectivity index (χ0v) is 9.90. The molecule has 2 N–H and O–H groups in total. The average Bonchev–Trinajstić information content (AvgIpc) is 2.14. The van der Waals surface area contributed by atoms with Gasteiger partial charge in [0.1, 0.15) is 0 Å². The molecule has 0 aromatic heterocycles. The molecule has 1 aromatic rings. The van der Waals surface area contributed by atoms with E-state index in [4.69, 9.17) is 16.7 Å². The lowest BCUT2D eigenvalue weighted by Crippen LogP contribution is -2.30. The minimum absolute atomic E-state index is 0.111. The first-order chi connectivity index (χ1) is 8.04. The fourth-order valence-electron chi connectivity index (χ4n) is 0.990. The number of carboxylic acids is 1. The molecule has 1 rings (SSSR count). The van der Waals surface area contributed by atoms with Crippen LogP contribution in [0.15, 0.2) is 18.2 Å². The maximum Gasteiger partial charge on any atom is 0.516 e. The largest absolute Gasteiger partial charge is 0.516 e. The first-order valence-corrected chi connectivity index (χ1v) is 6.02. The molecular formula is C8H5ClF3NO4S. The summed E-state index contributed by atoms with van der Waals surface area (Å²) in [5, 5.41) is 8.59. The second-order valence-corrected chi connectivity index (χ2v) is 5.16. The maximum atomic E-state index is 12.1. The van der Waals surface area contributed by atoms with Gasteiger partial charge in [0.15, 0.2) is 0 Å². The second kappa shape index (κ2) is 4.65. The number of nitrogens with one attached hydrogen (secondary N) is 1. The quantitative estimate of drug-likeness (QED) is 0.897. The van der Waals surface area contributed by atoms with Crippen molar-refractivity contribution in [3.63, 3.8) is 0 Å². The monoisotopic (exact) mass is 303 g/mol. The fraction of sp³-hybridized carbons (Fsp3) is 0.125. The van der Waals surface area contributed by atoms with Gasteiger partial charge in [-0.3, -0.25) is 4.72 Å². The molecule has 0 unspecified atom stereocenters. The zero-order chi connectivity index (χ0) is 14.1. The van der Waals surface area contributed by atoms with Gasteiger partial charge in [0.05, 0.1) is 11.3 Å². The molecule has 0 saturated carbocycles. The van der Waals surface area contributed by atoms with Crippen LogP contribution in [-0.2, 0) is 10.0 Å². The first-order valence-electron chi connectivity index (χ1n) is 4.16. The van der Waals surface area contributed by atoms with Crippen molar-refractivity contribution in [2.45, 2.75) is 5.51 Å². The number of aromatic carboxylic acids is 1. The SMILES string of the molecule is O=C(O)c1ccc(Cl)cc1NS(=O)(=O)C(F)(F)F. The highest BCUT2D eigenvalue weighted by atomic mass is 35.5. The summed E-state index contributed by atoms with van der Waals surface area (Å²) in [5.74, 6) is -1.59. The molecule has 10 heteroatoms. The molecule has 0 radical (unpaired) electrons. The van der Waals surface area contributed by atoms with Crippen LogP contribution in [0.3, 0.4) is 0 Å². The van der Waals surface area contributed by atoms with Crippen LogP contribution in [0.1, 0.15) is 10.4 Å². The van der Waals surface area contributed by atoms with Gasteiger partial charge in [-0.15, -0.1) is 0 Å². The summed E-state index contributed by atoms with van der Waals surface area (Å²) in [5.41, 5.74) is -6.95. The maximum absolute atomic E-state index is 12.1. The third kappa shape index (κ3) is 3.05. The number of hydrogen-bond donors (Lipinski definition) is 2. The molecule has 0 fully saturated rings. The Morgan fingerprint density at radius 3 is 2.33 bits per heavy atom. The van der Waals surface area contributed by atoms with Crippen LogP contribution in [0.5, 0.6) is 0 Å². The number of hydrogen-bond acceptors (Lipinski definition) is 3. The Balaban J connectivity index is 3.27. The standard InChI is InChI=1S/C8H5ClF3NO4S/c9-4-1-2-5(7(14)15)6(3-4)13-18(16,17)8(10,11)12/h1-3,13H,(H,14,15). The van der Waals surface area contributed by atoms with Crippen molar-refractivity contribution in [2.75, 3.05) is 4.72 Å². The molecule has 18 heavy (non-hydrogen) atoms. The normalized spacial score (nSPS) is 12.2. The van der Waals surface area contributed by atoms with E-state index in [1.807, 2.05) is 0 Å². The van der Waals surface area contributed by atoms with E-state index in [0.29, 0.717) is 0 Å². The Morgan fingerprint density at radius 1 is 1.33 bits per heavy atom. The van der Waals surface area contributed by atoms with Crippen molar-refractivity contribution < 1.29 is 31.5 Å². The summed E-state index contributed by atoms with van der Waals surface area (Å²) in [6.07, 6.45) is 0. The smallest absolute Gasteiger partial charge is 0.478 e. The molecule has 1 aromatic carbocycles. The number of carboxylic acid groups (broad SMARTS) is 1. The minimum Gasteiger partial charge on any atom is -0.478 e. The highest BCUT2D eigenvalue weighted by Crippen LogP contribution is 2.28. The lowest BCUT2D eigenvalue weighted by Gasteiger charge is -2.12. The minimum atomic E-state index is -5.70. The number of rotatable bonds is 3. The topological polar surface area (TPSA) is 83.5 Å². The Labute approximate surface area is 104 Å². The van der Waals surface area contributed by atoms with E-state index in [0.717, 1.165) is 22.9 Å². The summed E-state index contributed by atoms with van der Waals surface area (Å²) in [7, 11) is -5.70. The van der Waals surface area contributed by atoms with Crippen LogP contribution >= 0.6 is 11.6 Å². The van der Waals surface area contributed by atoms with Gasteiger partial charge in [-0.1, -0.05) is 11.6 Å². The molecule has 100 valence electrons. The van der Waals surface area contributed by atoms with Crippen LogP contribution in [0.25, 0.3) is 0 Å². The number of carbonyl (C=O) groups is 1. The predicted octanol–water partition coefficient (Wildman–Crippen LogP) is 2.30. The van der Waals surface area contributed by atoms with Crippen molar-refractivity contribution in [3.05, 3.63) is 28.8 Å². The molecule has 0 amide bonds. The molecular weight excluding hydrogens is 299 g/mol. The molecule has 0 bridgehead atoms. The van der Waals surface area contributed by atoms with E-state index in [9.17, 15) is 26.4 Å². The predicted molar refractivity (Wildman–Crippen MR) is 57.0 cm³/mol. The van der Waals surface area contributed by atoms with Crippen LogP contribution in [0, 0.1) is 0 Å². The molecule has 0 aliphatic heterocycles. The first kappa shape index (κ1) is 14.6. The van der Waals surface area contributed by atoms with Gasteiger partial charge in [-0.2, -0.15) is 21.6 Å². The summed E-state index contributed by atoms with van der Waals surface area (Å²) in [4.78, 5) is 10.7. The molecule has 5 nitrogen and oxygen atoms in total. The molecule has 0 atom stereocenters. The van der Waals surface area contributed by atoms with Crippen molar-refractivity contribution in [2.24, 2.45) is 0 Å². The summed E-state index contributed by atoms with van der Waals surface area (Å²) in [6.45, 7) is 0. The number of benzene rings is 1. The Bertz CT molecular complexity index is 584. The van der Waals surface area contributed by atoms with Crippen molar-refractivity contribution in [1.29, 1.82) is 0 Å². The number of anilines is 1. The van der Waals surface area contributed by atoms with Crippen molar-refractivity contribution >= 4 is 33.3 Å². The van der Waals surface area contributed by atoms with E-state index in [2.05, 4.69) is 0 Å². The highest BCUT2D eigenvalue weighted by molar-refractivity contribution is 7.93.